The van der Waals surface area contributed by atoms with E-state index < -0.39 is 7.14 Å². The first kappa shape index (κ1) is 26.8. The Morgan fingerprint density at radius 3 is 2.54 bits per heavy atom. The Hall–Kier alpha value is -3.81. The molecule has 0 bridgehead atoms. The Morgan fingerprint density at radius 2 is 1.82 bits per heavy atom. The van der Waals surface area contributed by atoms with Crippen LogP contribution in [0, 0.1) is 0 Å². The number of fused-ring (bicyclic) bond motifs is 1. The molecule has 3 heterocycles. The second kappa shape index (κ2) is 11.1. The van der Waals surface area contributed by atoms with Crippen LogP contribution in [0.25, 0.3) is 17.1 Å². The number of nitrogens with one attached hydrogen (secondary N) is 2. The lowest BCUT2D eigenvalue weighted by Crippen LogP contribution is -2.29. The molecule has 0 saturated carbocycles. The molecule has 2 aromatic carbocycles. The summed E-state index contributed by atoms with van der Waals surface area (Å²) in [5, 5.41) is 7.36. The molecule has 1 saturated heterocycles. The van der Waals surface area contributed by atoms with Gasteiger partial charge in [0.15, 0.2) is 0 Å². The standard InChI is InChI=1S/C29H34N7O2P/c1-6-19-18-32-29(34-24-17-21(7-10-25(24)38-3)20-11-15-36(2)16-12-20)35-28(19)33-23-9-8-22-26(31-14-13-30-22)27(23)39(4,5)37/h6-10,13-14,17-18,20H,1,11-12,15-16H2,2-5H3,(H2,32,33,34,35). The molecule has 10 heteroatoms. The molecule has 0 amide bonds. The lowest BCUT2D eigenvalue weighted by atomic mass is 9.89. The number of nitrogens with zero attached hydrogens (tertiary/aromatic N) is 5. The summed E-state index contributed by atoms with van der Waals surface area (Å²) >= 11 is 0. The average molecular weight is 544 g/mol. The third-order valence-electron chi connectivity index (χ3n) is 7.10. The molecule has 0 unspecified atom stereocenters. The average Bonchev–Trinajstić information content (AvgIpc) is 2.93. The number of hydrogen-bond donors (Lipinski definition) is 2. The topological polar surface area (TPSA) is 105 Å². The van der Waals surface area contributed by atoms with E-state index in [9.17, 15) is 4.57 Å². The number of methoxy groups -OCH3 is 1. The van der Waals surface area contributed by atoms with Crippen LogP contribution in [0.15, 0.2) is 55.5 Å². The Bertz CT molecular complexity index is 1560. The van der Waals surface area contributed by atoms with Gasteiger partial charge in [-0.05, 0) is 82.1 Å². The van der Waals surface area contributed by atoms with Crippen molar-refractivity contribution < 1.29 is 9.30 Å². The molecule has 5 rings (SSSR count). The maximum absolute atomic E-state index is 13.4. The van der Waals surface area contributed by atoms with Crippen LogP contribution in [0.3, 0.4) is 0 Å². The number of rotatable bonds is 8. The molecule has 0 aliphatic carbocycles. The van der Waals surface area contributed by atoms with Crippen LogP contribution in [-0.2, 0) is 4.57 Å². The van der Waals surface area contributed by atoms with Crippen molar-refractivity contribution in [2.24, 2.45) is 0 Å². The largest absolute Gasteiger partial charge is 0.495 e. The zero-order chi connectivity index (χ0) is 27.6. The fourth-order valence-electron chi connectivity index (χ4n) is 5.04. The maximum atomic E-state index is 13.4. The van der Waals surface area contributed by atoms with Crippen molar-refractivity contribution in [2.45, 2.75) is 18.8 Å². The Kier molecular flexibility index (Phi) is 7.64. The molecule has 0 atom stereocenters. The van der Waals surface area contributed by atoms with Gasteiger partial charge in [0, 0.05) is 24.2 Å². The summed E-state index contributed by atoms with van der Waals surface area (Å²) in [6, 6.07) is 10.00. The Labute approximate surface area is 229 Å². The lowest BCUT2D eigenvalue weighted by molar-refractivity contribution is 0.255. The van der Waals surface area contributed by atoms with E-state index in [4.69, 9.17) is 9.72 Å². The monoisotopic (exact) mass is 543 g/mol. The van der Waals surface area contributed by atoms with Gasteiger partial charge in [-0.2, -0.15) is 4.98 Å². The van der Waals surface area contributed by atoms with Gasteiger partial charge in [-0.15, -0.1) is 0 Å². The Balaban J connectivity index is 1.49. The van der Waals surface area contributed by atoms with Gasteiger partial charge >= 0.3 is 0 Å². The highest BCUT2D eigenvalue weighted by atomic mass is 31.2. The zero-order valence-corrected chi connectivity index (χ0v) is 23.7. The molecule has 2 aromatic heterocycles. The highest BCUT2D eigenvalue weighted by Crippen LogP contribution is 2.41. The minimum absolute atomic E-state index is 0.403. The number of anilines is 4. The number of aromatic nitrogens is 4. The summed E-state index contributed by atoms with van der Waals surface area (Å²) in [6.07, 6.45) is 8.88. The SMILES string of the molecule is C=Cc1cnc(Nc2cc(C3CCN(C)CC3)ccc2OC)nc1Nc1ccc2nccnc2c1P(C)(C)=O. The predicted octanol–water partition coefficient (Wildman–Crippen LogP) is 5.62. The molecule has 0 radical (unpaired) electrons. The van der Waals surface area contributed by atoms with E-state index in [1.807, 2.05) is 18.2 Å². The highest BCUT2D eigenvalue weighted by molar-refractivity contribution is 7.71. The molecular weight excluding hydrogens is 509 g/mol. The van der Waals surface area contributed by atoms with Crippen LogP contribution in [0.5, 0.6) is 5.75 Å². The van der Waals surface area contributed by atoms with Crippen LogP contribution in [0.4, 0.5) is 23.1 Å². The first-order valence-electron chi connectivity index (χ1n) is 13.0. The van der Waals surface area contributed by atoms with Crippen LogP contribution in [0.2, 0.25) is 0 Å². The summed E-state index contributed by atoms with van der Waals surface area (Å²) in [5.74, 6) is 2.15. The van der Waals surface area contributed by atoms with Gasteiger partial charge < -0.3 is 24.8 Å². The van der Waals surface area contributed by atoms with E-state index in [1.165, 1.54) is 5.56 Å². The van der Waals surface area contributed by atoms with Gasteiger partial charge in [0.2, 0.25) is 5.95 Å². The molecule has 9 nitrogen and oxygen atoms in total. The van der Waals surface area contributed by atoms with Crippen molar-refractivity contribution in [3.63, 3.8) is 0 Å². The fourth-order valence-corrected chi connectivity index (χ4v) is 6.43. The fraction of sp³-hybridized carbons (Fsp3) is 0.310. The first-order valence-corrected chi connectivity index (χ1v) is 15.6. The van der Waals surface area contributed by atoms with Crippen molar-refractivity contribution >= 4 is 52.7 Å². The summed E-state index contributed by atoms with van der Waals surface area (Å²) in [6.45, 7) is 9.56. The van der Waals surface area contributed by atoms with Crippen LogP contribution < -0.4 is 20.7 Å². The van der Waals surface area contributed by atoms with Crippen LogP contribution >= 0.6 is 7.14 Å². The van der Waals surface area contributed by atoms with Crippen LogP contribution in [0.1, 0.15) is 29.9 Å². The van der Waals surface area contributed by atoms with Crippen molar-refractivity contribution in [1.29, 1.82) is 0 Å². The summed E-state index contributed by atoms with van der Waals surface area (Å²) < 4.78 is 19.0. The van der Waals surface area contributed by atoms with E-state index in [0.29, 0.717) is 51.0 Å². The first-order chi connectivity index (χ1) is 18.8. The van der Waals surface area contributed by atoms with Gasteiger partial charge in [-0.3, -0.25) is 9.97 Å². The molecule has 4 aromatic rings. The minimum atomic E-state index is -2.73. The van der Waals surface area contributed by atoms with Gasteiger partial charge in [-0.1, -0.05) is 18.7 Å². The number of hydrogen-bond acceptors (Lipinski definition) is 9. The van der Waals surface area contributed by atoms with Crippen LogP contribution in [-0.4, -0.2) is 65.4 Å². The number of likely N-dealkylation sites (tertiary alicyclic amines) is 1. The van der Waals surface area contributed by atoms with Crippen molar-refractivity contribution in [3.8, 4) is 5.75 Å². The number of piperidine rings is 1. The third kappa shape index (κ3) is 5.79. The molecule has 39 heavy (non-hydrogen) atoms. The molecule has 0 spiro atoms. The summed E-state index contributed by atoms with van der Waals surface area (Å²) in [7, 11) is 1.09. The van der Waals surface area contributed by atoms with E-state index in [2.05, 4.69) is 56.2 Å². The molecule has 1 aliphatic heterocycles. The minimum Gasteiger partial charge on any atom is -0.495 e. The van der Waals surface area contributed by atoms with Gasteiger partial charge in [0.25, 0.3) is 0 Å². The van der Waals surface area contributed by atoms with E-state index >= 15 is 0 Å². The second-order valence-electron chi connectivity index (χ2n) is 10.2. The maximum Gasteiger partial charge on any atom is 0.229 e. The number of ether oxygens (including phenoxy) is 1. The van der Waals surface area contributed by atoms with Crippen molar-refractivity contribution in [3.05, 3.63) is 66.6 Å². The summed E-state index contributed by atoms with van der Waals surface area (Å²) in [5.41, 5.74) is 4.74. The molecule has 1 fully saturated rings. The van der Waals surface area contributed by atoms with Gasteiger partial charge in [0.05, 0.1) is 29.3 Å². The van der Waals surface area contributed by atoms with E-state index in [0.717, 1.165) is 31.6 Å². The number of benzene rings is 2. The van der Waals surface area contributed by atoms with Gasteiger partial charge in [-0.25, -0.2) is 4.98 Å². The quantitative estimate of drug-likeness (QED) is 0.274. The molecule has 202 valence electrons. The third-order valence-corrected chi connectivity index (χ3v) is 8.63. The second-order valence-corrected chi connectivity index (χ2v) is 13.4. The van der Waals surface area contributed by atoms with E-state index in [-0.39, 0.29) is 0 Å². The van der Waals surface area contributed by atoms with Gasteiger partial charge in [0.1, 0.15) is 24.2 Å². The zero-order valence-electron chi connectivity index (χ0n) is 22.8. The normalized spacial score (nSPS) is 14.8. The lowest BCUT2D eigenvalue weighted by Gasteiger charge is -2.29. The Morgan fingerprint density at radius 1 is 1.05 bits per heavy atom. The van der Waals surface area contributed by atoms with E-state index in [1.54, 1.807) is 45.1 Å². The van der Waals surface area contributed by atoms with Crippen molar-refractivity contribution in [1.82, 2.24) is 24.8 Å². The van der Waals surface area contributed by atoms with Crippen molar-refractivity contribution in [2.75, 3.05) is 51.2 Å². The highest BCUT2D eigenvalue weighted by Gasteiger charge is 2.23. The smallest absolute Gasteiger partial charge is 0.229 e. The molecule has 1 aliphatic rings. The molecule has 2 N–H and O–H groups in total. The molecular formula is C29H34N7O2P. The summed E-state index contributed by atoms with van der Waals surface area (Å²) in [4.78, 5) is 20.5. The predicted molar refractivity (Wildman–Crippen MR) is 160 cm³/mol.